The smallest absolute Gasteiger partial charge is 0.238 e. The van der Waals surface area contributed by atoms with Crippen molar-refractivity contribution in [3.63, 3.8) is 0 Å². The van der Waals surface area contributed by atoms with Gasteiger partial charge in [-0.1, -0.05) is 0 Å². The Morgan fingerprint density at radius 1 is 1.13 bits per heavy atom. The number of methoxy groups -OCH3 is 1. The zero-order valence-electron chi connectivity index (χ0n) is 18.4. The van der Waals surface area contributed by atoms with Crippen molar-refractivity contribution in [2.75, 3.05) is 58.4 Å². The molecule has 0 saturated carbocycles. The van der Waals surface area contributed by atoms with E-state index in [1.165, 1.54) is 0 Å². The summed E-state index contributed by atoms with van der Waals surface area (Å²) < 4.78 is 16.1. The fourth-order valence-electron chi connectivity index (χ4n) is 3.46. The molecule has 2 N–H and O–H groups in total. The predicted octanol–water partition coefficient (Wildman–Crippen LogP) is 2.29. The highest BCUT2D eigenvalue weighted by molar-refractivity contribution is 5.94. The van der Waals surface area contributed by atoms with Gasteiger partial charge in [-0.05, 0) is 58.3 Å². The van der Waals surface area contributed by atoms with Gasteiger partial charge in [-0.2, -0.15) is 0 Å². The van der Waals surface area contributed by atoms with Crippen LogP contribution in [0.15, 0.2) is 18.2 Å². The number of amides is 2. The van der Waals surface area contributed by atoms with Crippen LogP contribution in [-0.2, 0) is 14.3 Å². The van der Waals surface area contributed by atoms with Crippen LogP contribution in [-0.4, -0.2) is 69.8 Å². The van der Waals surface area contributed by atoms with Crippen molar-refractivity contribution in [1.82, 2.24) is 10.2 Å². The summed E-state index contributed by atoms with van der Waals surface area (Å²) in [6.07, 6.45) is 2.33. The molecule has 2 rings (SSSR count). The first-order valence-corrected chi connectivity index (χ1v) is 10.8. The number of nitrogens with one attached hydrogen (secondary N) is 2. The Morgan fingerprint density at radius 2 is 1.87 bits per heavy atom. The third kappa shape index (κ3) is 7.84. The van der Waals surface area contributed by atoms with Crippen molar-refractivity contribution in [1.29, 1.82) is 0 Å². The van der Waals surface area contributed by atoms with Gasteiger partial charge in [0.25, 0.3) is 0 Å². The number of carbonyl (C=O) groups excluding carboxylic acids is 2. The molecule has 2 amide bonds. The van der Waals surface area contributed by atoms with Crippen LogP contribution in [0.1, 0.15) is 33.1 Å². The van der Waals surface area contributed by atoms with Crippen molar-refractivity contribution in [2.45, 2.75) is 33.1 Å². The van der Waals surface area contributed by atoms with Crippen LogP contribution in [0.2, 0.25) is 0 Å². The van der Waals surface area contributed by atoms with E-state index in [2.05, 4.69) is 15.5 Å². The van der Waals surface area contributed by atoms with Crippen LogP contribution in [0.25, 0.3) is 0 Å². The summed E-state index contributed by atoms with van der Waals surface area (Å²) in [6, 6.07) is 5.42. The number of rotatable bonds is 12. The fourth-order valence-corrected chi connectivity index (χ4v) is 3.46. The van der Waals surface area contributed by atoms with Crippen LogP contribution in [0.5, 0.6) is 11.5 Å². The number of likely N-dealkylation sites (tertiary alicyclic amines) is 1. The second kappa shape index (κ2) is 13.1. The highest BCUT2D eigenvalue weighted by atomic mass is 16.5. The third-order valence-corrected chi connectivity index (χ3v) is 4.99. The van der Waals surface area contributed by atoms with Crippen LogP contribution in [0.3, 0.4) is 0 Å². The lowest BCUT2D eigenvalue weighted by atomic mass is 9.96. The molecule has 0 radical (unpaired) electrons. The minimum Gasteiger partial charge on any atom is -0.494 e. The Morgan fingerprint density at radius 3 is 2.53 bits per heavy atom. The van der Waals surface area contributed by atoms with Crippen LogP contribution >= 0.6 is 0 Å². The molecule has 0 aliphatic carbocycles. The summed E-state index contributed by atoms with van der Waals surface area (Å²) in [7, 11) is 1.65. The molecule has 1 aromatic carbocycles. The first-order valence-electron chi connectivity index (χ1n) is 10.8. The highest BCUT2D eigenvalue weighted by Crippen LogP contribution is 2.29. The van der Waals surface area contributed by atoms with Crippen LogP contribution in [0.4, 0.5) is 5.69 Å². The topological polar surface area (TPSA) is 89.1 Å². The normalized spacial score (nSPS) is 14.9. The van der Waals surface area contributed by atoms with Gasteiger partial charge in [-0.15, -0.1) is 0 Å². The number of carbonyl (C=O) groups is 2. The number of ether oxygens (including phenoxy) is 3. The van der Waals surface area contributed by atoms with Gasteiger partial charge in [0.05, 0.1) is 25.4 Å². The molecule has 168 valence electrons. The maximum absolute atomic E-state index is 12.6. The lowest BCUT2D eigenvalue weighted by Crippen LogP contribution is -2.43. The molecule has 1 aliphatic rings. The minimum atomic E-state index is -0.105. The van der Waals surface area contributed by atoms with Gasteiger partial charge in [-0.25, -0.2) is 0 Å². The van der Waals surface area contributed by atoms with E-state index >= 15 is 0 Å². The highest BCUT2D eigenvalue weighted by Gasteiger charge is 2.25. The van der Waals surface area contributed by atoms with Crippen molar-refractivity contribution in [2.24, 2.45) is 5.92 Å². The molecule has 1 saturated heterocycles. The molecule has 8 nitrogen and oxygen atoms in total. The quantitative estimate of drug-likeness (QED) is 0.504. The van der Waals surface area contributed by atoms with E-state index in [-0.39, 0.29) is 24.3 Å². The summed E-state index contributed by atoms with van der Waals surface area (Å²) in [4.78, 5) is 26.9. The lowest BCUT2D eigenvalue weighted by molar-refractivity contribution is -0.126. The van der Waals surface area contributed by atoms with Crippen LogP contribution in [0, 0.1) is 5.92 Å². The van der Waals surface area contributed by atoms with Gasteiger partial charge in [-0.3, -0.25) is 14.5 Å². The second-order valence-electron chi connectivity index (χ2n) is 7.26. The first kappa shape index (κ1) is 24.0. The molecule has 0 aromatic heterocycles. The van der Waals surface area contributed by atoms with Gasteiger partial charge in [0, 0.05) is 32.2 Å². The Labute approximate surface area is 179 Å². The molecule has 30 heavy (non-hydrogen) atoms. The van der Waals surface area contributed by atoms with Crippen molar-refractivity contribution >= 4 is 17.5 Å². The Hall–Kier alpha value is -2.32. The number of anilines is 1. The van der Waals surface area contributed by atoms with Crippen LogP contribution < -0.4 is 20.1 Å². The summed E-state index contributed by atoms with van der Waals surface area (Å²) in [5, 5.41) is 5.91. The summed E-state index contributed by atoms with van der Waals surface area (Å²) >= 11 is 0. The third-order valence-electron chi connectivity index (χ3n) is 4.99. The largest absolute Gasteiger partial charge is 0.494 e. The Bertz CT molecular complexity index is 675. The SMILES string of the molecule is CCOc1ccc(OCC)c(NC(=O)CN2CCC(C(=O)NCCCOC)CC2)c1. The average molecular weight is 422 g/mol. The molecule has 0 unspecified atom stereocenters. The zero-order valence-corrected chi connectivity index (χ0v) is 18.4. The predicted molar refractivity (Wildman–Crippen MR) is 116 cm³/mol. The standard InChI is InChI=1S/C22H35N3O5/c1-4-29-18-7-8-20(30-5-2)19(15-18)24-21(26)16-25-12-9-17(10-13-25)22(27)23-11-6-14-28-3/h7-8,15,17H,4-6,9-14,16H2,1-3H3,(H,23,27)(H,24,26). The van der Waals surface area contributed by atoms with E-state index in [0.29, 0.717) is 43.6 Å². The monoisotopic (exact) mass is 421 g/mol. The Balaban J connectivity index is 1.81. The molecule has 0 spiro atoms. The molecule has 1 aromatic rings. The van der Waals surface area contributed by atoms with E-state index in [1.807, 2.05) is 19.9 Å². The molecule has 1 aliphatic heterocycles. The van der Waals surface area contributed by atoms with E-state index < -0.39 is 0 Å². The molecule has 1 fully saturated rings. The molecular formula is C22H35N3O5. The minimum absolute atomic E-state index is 0.0132. The molecule has 1 heterocycles. The summed E-state index contributed by atoms with van der Waals surface area (Å²) in [6.45, 7) is 7.89. The summed E-state index contributed by atoms with van der Waals surface area (Å²) in [5.41, 5.74) is 0.609. The van der Waals surface area contributed by atoms with E-state index in [1.54, 1.807) is 19.2 Å². The molecular weight excluding hydrogens is 386 g/mol. The molecule has 8 heteroatoms. The number of hydrogen-bond donors (Lipinski definition) is 2. The average Bonchev–Trinajstić information content (AvgIpc) is 2.74. The lowest BCUT2D eigenvalue weighted by Gasteiger charge is -2.30. The molecule has 0 atom stereocenters. The number of hydrogen-bond acceptors (Lipinski definition) is 6. The first-order chi connectivity index (χ1) is 14.6. The molecule has 0 bridgehead atoms. The Kier molecular flexibility index (Phi) is 10.4. The number of nitrogens with zero attached hydrogens (tertiary/aromatic N) is 1. The van der Waals surface area contributed by atoms with Crippen molar-refractivity contribution in [3.05, 3.63) is 18.2 Å². The number of piperidine rings is 1. The van der Waals surface area contributed by atoms with Crippen molar-refractivity contribution in [3.8, 4) is 11.5 Å². The van der Waals surface area contributed by atoms with Gasteiger partial charge < -0.3 is 24.8 Å². The number of benzene rings is 1. The van der Waals surface area contributed by atoms with Gasteiger partial charge in [0.15, 0.2) is 0 Å². The fraction of sp³-hybridized carbons (Fsp3) is 0.636. The van der Waals surface area contributed by atoms with Crippen molar-refractivity contribution < 1.29 is 23.8 Å². The zero-order chi connectivity index (χ0) is 21.8. The van der Waals surface area contributed by atoms with E-state index in [9.17, 15) is 9.59 Å². The van der Waals surface area contributed by atoms with Gasteiger partial charge >= 0.3 is 0 Å². The van der Waals surface area contributed by atoms with E-state index in [4.69, 9.17) is 14.2 Å². The van der Waals surface area contributed by atoms with Gasteiger partial charge in [0.1, 0.15) is 11.5 Å². The summed E-state index contributed by atoms with van der Waals surface area (Å²) in [5.74, 6) is 1.32. The maximum atomic E-state index is 12.6. The van der Waals surface area contributed by atoms with Gasteiger partial charge in [0.2, 0.25) is 11.8 Å². The maximum Gasteiger partial charge on any atom is 0.238 e. The second-order valence-corrected chi connectivity index (χ2v) is 7.26. The van der Waals surface area contributed by atoms with E-state index in [0.717, 1.165) is 32.4 Å².